The van der Waals surface area contributed by atoms with E-state index in [0.717, 1.165) is 16.5 Å². The van der Waals surface area contributed by atoms with Gasteiger partial charge in [-0.05, 0) is 16.3 Å². The van der Waals surface area contributed by atoms with Crippen LogP contribution in [-0.4, -0.2) is 5.11 Å². The first-order valence-corrected chi connectivity index (χ1v) is 6.66. The van der Waals surface area contributed by atoms with Gasteiger partial charge in [0.15, 0.2) is 6.29 Å². The average Bonchev–Trinajstić information content (AvgIpc) is 2.53. The summed E-state index contributed by atoms with van der Waals surface area (Å²) in [5, 5.41) is 12.4. The van der Waals surface area contributed by atoms with Crippen molar-refractivity contribution in [3.8, 4) is 0 Å². The Kier molecular flexibility index (Phi) is 3.77. The Morgan fingerprint density at radius 2 is 1.50 bits per heavy atom. The molecular weight excluding hydrogens is 248 g/mol. The van der Waals surface area contributed by atoms with Crippen molar-refractivity contribution in [2.45, 2.75) is 12.9 Å². The van der Waals surface area contributed by atoms with Gasteiger partial charge in [0.1, 0.15) is 0 Å². The number of hydrogen-bond acceptors (Lipinski definition) is 2. The molecule has 0 spiro atoms. The standard InChI is InChI=1S/C18H16O2/c19-18(15-8-2-1-3-9-15)20-13-16-11-6-10-14-7-4-5-12-17(14)16/h1-12,18-19H,13H2. The zero-order valence-electron chi connectivity index (χ0n) is 11.1. The maximum absolute atomic E-state index is 10.0. The lowest BCUT2D eigenvalue weighted by Crippen LogP contribution is -2.03. The Balaban J connectivity index is 1.77. The predicted molar refractivity (Wildman–Crippen MR) is 80.1 cm³/mol. The van der Waals surface area contributed by atoms with Gasteiger partial charge in [-0.3, -0.25) is 0 Å². The van der Waals surface area contributed by atoms with E-state index in [9.17, 15) is 5.11 Å². The second-order valence-electron chi connectivity index (χ2n) is 4.71. The first-order valence-electron chi connectivity index (χ1n) is 6.66. The number of ether oxygens (including phenoxy) is 1. The van der Waals surface area contributed by atoms with Crippen LogP contribution in [0.4, 0.5) is 0 Å². The Labute approximate surface area is 118 Å². The van der Waals surface area contributed by atoms with Crippen molar-refractivity contribution in [1.29, 1.82) is 0 Å². The van der Waals surface area contributed by atoms with E-state index in [1.165, 1.54) is 5.39 Å². The van der Waals surface area contributed by atoms with Crippen LogP contribution in [0.25, 0.3) is 10.8 Å². The molecule has 20 heavy (non-hydrogen) atoms. The summed E-state index contributed by atoms with van der Waals surface area (Å²) < 4.78 is 5.58. The van der Waals surface area contributed by atoms with E-state index in [-0.39, 0.29) is 0 Å². The highest BCUT2D eigenvalue weighted by molar-refractivity contribution is 5.85. The van der Waals surface area contributed by atoms with Gasteiger partial charge in [-0.1, -0.05) is 72.8 Å². The van der Waals surface area contributed by atoms with Gasteiger partial charge in [0, 0.05) is 5.56 Å². The van der Waals surface area contributed by atoms with Crippen molar-refractivity contribution < 1.29 is 9.84 Å². The molecular formula is C18H16O2. The first kappa shape index (κ1) is 12.9. The number of fused-ring (bicyclic) bond motifs is 1. The van der Waals surface area contributed by atoms with E-state index in [2.05, 4.69) is 18.2 Å². The molecule has 100 valence electrons. The minimum Gasteiger partial charge on any atom is -0.364 e. The predicted octanol–water partition coefficient (Wildman–Crippen LogP) is 4.05. The first-order chi connectivity index (χ1) is 9.84. The highest BCUT2D eigenvalue weighted by Crippen LogP contribution is 2.22. The number of aliphatic hydroxyl groups is 1. The lowest BCUT2D eigenvalue weighted by Gasteiger charge is -2.13. The monoisotopic (exact) mass is 264 g/mol. The quantitative estimate of drug-likeness (QED) is 0.720. The van der Waals surface area contributed by atoms with E-state index >= 15 is 0 Å². The average molecular weight is 264 g/mol. The maximum Gasteiger partial charge on any atom is 0.181 e. The molecule has 3 rings (SSSR count). The van der Waals surface area contributed by atoms with Crippen molar-refractivity contribution in [3.63, 3.8) is 0 Å². The number of rotatable bonds is 4. The molecule has 0 fully saturated rings. The van der Waals surface area contributed by atoms with Gasteiger partial charge in [0.2, 0.25) is 0 Å². The van der Waals surface area contributed by atoms with Crippen LogP contribution in [0.2, 0.25) is 0 Å². The fourth-order valence-corrected chi connectivity index (χ4v) is 2.30. The SMILES string of the molecule is OC(OCc1cccc2ccccc12)c1ccccc1. The Morgan fingerprint density at radius 3 is 2.35 bits per heavy atom. The zero-order valence-corrected chi connectivity index (χ0v) is 11.1. The van der Waals surface area contributed by atoms with E-state index < -0.39 is 6.29 Å². The molecule has 0 saturated carbocycles. The van der Waals surface area contributed by atoms with Gasteiger partial charge < -0.3 is 9.84 Å². The fourth-order valence-electron chi connectivity index (χ4n) is 2.30. The summed E-state index contributed by atoms with van der Waals surface area (Å²) in [6.07, 6.45) is -0.893. The summed E-state index contributed by atoms with van der Waals surface area (Å²) in [5.41, 5.74) is 1.85. The van der Waals surface area contributed by atoms with Crippen LogP contribution in [0.3, 0.4) is 0 Å². The fraction of sp³-hybridized carbons (Fsp3) is 0.111. The second-order valence-corrected chi connectivity index (χ2v) is 4.71. The van der Waals surface area contributed by atoms with Crippen LogP contribution in [0, 0.1) is 0 Å². The Hall–Kier alpha value is -2.16. The molecule has 1 N–H and O–H groups in total. The molecule has 3 aromatic carbocycles. The van der Waals surface area contributed by atoms with Crippen LogP contribution >= 0.6 is 0 Å². The molecule has 2 nitrogen and oxygen atoms in total. The van der Waals surface area contributed by atoms with Crippen LogP contribution < -0.4 is 0 Å². The van der Waals surface area contributed by atoms with Crippen molar-refractivity contribution in [2.75, 3.05) is 0 Å². The minimum atomic E-state index is -0.893. The van der Waals surface area contributed by atoms with Crippen LogP contribution in [0.15, 0.2) is 72.8 Å². The summed E-state index contributed by atoms with van der Waals surface area (Å²) in [5.74, 6) is 0. The molecule has 0 amide bonds. The van der Waals surface area contributed by atoms with Gasteiger partial charge in [-0.15, -0.1) is 0 Å². The van der Waals surface area contributed by atoms with Crippen LogP contribution in [0.1, 0.15) is 17.4 Å². The molecule has 3 aromatic rings. The number of aliphatic hydroxyl groups excluding tert-OH is 1. The molecule has 0 bridgehead atoms. The van der Waals surface area contributed by atoms with Gasteiger partial charge in [-0.25, -0.2) is 0 Å². The Bertz CT molecular complexity index is 687. The lowest BCUT2D eigenvalue weighted by atomic mass is 10.1. The number of hydrogen-bond donors (Lipinski definition) is 1. The smallest absolute Gasteiger partial charge is 0.181 e. The molecule has 0 aromatic heterocycles. The molecule has 1 unspecified atom stereocenters. The maximum atomic E-state index is 10.0. The molecule has 1 atom stereocenters. The summed E-state index contributed by atoms with van der Waals surface area (Å²) in [7, 11) is 0. The minimum absolute atomic E-state index is 0.386. The lowest BCUT2D eigenvalue weighted by molar-refractivity contribution is -0.111. The molecule has 0 saturated heterocycles. The van der Waals surface area contributed by atoms with Gasteiger partial charge in [-0.2, -0.15) is 0 Å². The van der Waals surface area contributed by atoms with Crippen LogP contribution in [0.5, 0.6) is 0 Å². The molecule has 0 radical (unpaired) electrons. The third-order valence-corrected chi connectivity index (χ3v) is 3.36. The largest absolute Gasteiger partial charge is 0.364 e. The van der Waals surface area contributed by atoms with Gasteiger partial charge >= 0.3 is 0 Å². The van der Waals surface area contributed by atoms with Gasteiger partial charge in [0.05, 0.1) is 6.61 Å². The summed E-state index contributed by atoms with van der Waals surface area (Å²) >= 11 is 0. The van der Waals surface area contributed by atoms with Crippen LogP contribution in [-0.2, 0) is 11.3 Å². The van der Waals surface area contributed by atoms with E-state index in [0.29, 0.717) is 6.61 Å². The summed E-state index contributed by atoms with van der Waals surface area (Å²) in [6.45, 7) is 0.386. The van der Waals surface area contributed by atoms with E-state index in [1.54, 1.807) is 0 Å². The number of benzene rings is 3. The highest BCUT2D eigenvalue weighted by Gasteiger charge is 2.08. The molecule has 0 aliphatic carbocycles. The zero-order chi connectivity index (χ0) is 13.8. The highest BCUT2D eigenvalue weighted by atomic mass is 16.6. The summed E-state index contributed by atoms with van der Waals surface area (Å²) in [4.78, 5) is 0. The molecule has 0 aliphatic heterocycles. The third-order valence-electron chi connectivity index (χ3n) is 3.36. The van der Waals surface area contributed by atoms with Gasteiger partial charge in [0.25, 0.3) is 0 Å². The third kappa shape index (κ3) is 2.72. The molecule has 0 heterocycles. The second kappa shape index (κ2) is 5.87. The van der Waals surface area contributed by atoms with E-state index in [1.807, 2.05) is 54.6 Å². The van der Waals surface area contributed by atoms with E-state index in [4.69, 9.17) is 4.74 Å². The summed E-state index contributed by atoms with van der Waals surface area (Å²) in [6, 6.07) is 23.7. The Morgan fingerprint density at radius 1 is 0.800 bits per heavy atom. The van der Waals surface area contributed by atoms with Crippen molar-refractivity contribution >= 4 is 10.8 Å². The van der Waals surface area contributed by atoms with Crippen molar-refractivity contribution in [2.24, 2.45) is 0 Å². The molecule has 0 aliphatic rings. The topological polar surface area (TPSA) is 29.5 Å². The molecule has 2 heteroatoms. The van der Waals surface area contributed by atoms with Crippen molar-refractivity contribution in [3.05, 3.63) is 83.9 Å². The normalized spacial score (nSPS) is 12.4. The van der Waals surface area contributed by atoms with Crippen molar-refractivity contribution in [1.82, 2.24) is 0 Å².